The Bertz CT molecular complexity index is 689. The summed E-state index contributed by atoms with van der Waals surface area (Å²) in [6, 6.07) is 6.07. The fourth-order valence-corrected chi connectivity index (χ4v) is 2.31. The molecule has 2 N–H and O–H groups in total. The summed E-state index contributed by atoms with van der Waals surface area (Å²) in [5.74, 6) is -0.365. The van der Waals surface area contributed by atoms with Crippen molar-refractivity contribution in [2.24, 2.45) is 5.73 Å². The van der Waals surface area contributed by atoms with Gasteiger partial charge in [-0.15, -0.1) is 0 Å². The van der Waals surface area contributed by atoms with E-state index in [2.05, 4.69) is 21.0 Å². The normalized spacial score (nSPS) is 10.7. The van der Waals surface area contributed by atoms with E-state index in [1.54, 1.807) is 18.3 Å². The van der Waals surface area contributed by atoms with E-state index in [1.165, 1.54) is 16.8 Å². The van der Waals surface area contributed by atoms with Gasteiger partial charge in [-0.25, -0.2) is 9.07 Å². The van der Waals surface area contributed by atoms with Gasteiger partial charge in [0.1, 0.15) is 5.82 Å². The van der Waals surface area contributed by atoms with Crippen molar-refractivity contribution in [3.05, 3.63) is 56.7 Å². The Morgan fingerprint density at radius 2 is 2.19 bits per heavy atom. The molecule has 1 aromatic carbocycles. The predicted octanol–water partition coefficient (Wildman–Crippen LogP) is 1.59. The number of rotatable bonds is 5. The fraction of sp³-hybridized carbons (Fsp3) is 0.286. The summed E-state index contributed by atoms with van der Waals surface area (Å²) in [5, 5.41) is 4.09. The highest BCUT2D eigenvalue weighted by Crippen LogP contribution is 2.16. The Morgan fingerprint density at radius 3 is 2.86 bits per heavy atom. The van der Waals surface area contributed by atoms with Crippen LogP contribution in [0.5, 0.6) is 0 Å². The molecule has 0 aliphatic rings. The summed E-state index contributed by atoms with van der Waals surface area (Å²) in [7, 11) is 1.83. The minimum atomic E-state index is -0.365. The second-order valence-electron chi connectivity index (χ2n) is 4.66. The predicted molar refractivity (Wildman–Crippen MR) is 84.0 cm³/mol. The molecule has 0 saturated carbocycles. The molecule has 0 radical (unpaired) electrons. The lowest BCUT2D eigenvalue weighted by molar-refractivity contribution is 0.571. The molecule has 0 atom stereocenters. The number of halogens is 2. The first-order chi connectivity index (χ1) is 10.0. The lowest BCUT2D eigenvalue weighted by Gasteiger charge is -2.17. The third-order valence-electron chi connectivity index (χ3n) is 3.09. The molecule has 0 bridgehead atoms. The highest BCUT2D eigenvalue weighted by molar-refractivity contribution is 9.10. The molecule has 0 spiro atoms. The molecule has 5 nitrogen and oxygen atoms in total. The Hall–Kier alpha value is -1.73. The van der Waals surface area contributed by atoms with Crippen LogP contribution >= 0.6 is 15.9 Å². The number of nitrogens with zero attached hydrogens (tertiary/aromatic N) is 3. The van der Waals surface area contributed by atoms with E-state index in [1.807, 2.05) is 11.9 Å². The van der Waals surface area contributed by atoms with Crippen molar-refractivity contribution in [3.63, 3.8) is 0 Å². The Labute approximate surface area is 130 Å². The zero-order chi connectivity index (χ0) is 15.4. The number of hydrogen-bond donors (Lipinski definition) is 1. The van der Waals surface area contributed by atoms with Gasteiger partial charge >= 0.3 is 0 Å². The first-order valence-electron chi connectivity index (χ1n) is 6.43. The van der Waals surface area contributed by atoms with Gasteiger partial charge in [-0.2, -0.15) is 5.10 Å². The number of likely N-dealkylation sites (N-methyl/N-ethyl adjacent to an activating group) is 1. The SMILES string of the molecule is CN(CCN)c1cnn(Cc2cc(Br)ccc2F)c(=O)c1. The van der Waals surface area contributed by atoms with Crippen LogP contribution in [-0.2, 0) is 6.54 Å². The first-order valence-corrected chi connectivity index (χ1v) is 7.23. The maximum absolute atomic E-state index is 13.7. The van der Waals surface area contributed by atoms with Gasteiger partial charge < -0.3 is 10.6 Å². The van der Waals surface area contributed by atoms with Crippen LogP contribution in [0.2, 0.25) is 0 Å². The van der Waals surface area contributed by atoms with Crippen LogP contribution < -0.4 is 16.2 Å². The smallest absolute Gasteiger partial charge is 0.269 e. The van der Waals surface area contributed by atoms with E-state index < -0.39 is 0 Å². The zero-order valence-corrected chi connectivity index (χ0v) is 13.2. The summed E-state index contributed by atoms with van der Waals surface area (Å²) in [6.07, 6.45) is 1.58. The molecule has 0 saturated heterocycles. The van der Waals surface area contributed by atoms with E-state index in [0.717, 1.165) is 4.47 Å². The van der Waals surface area contributed by atoms with Gasteiger partial charge in [0.25, 0.3) is 5.56 Å². The average molecular weight is 355 g/mol. The second-order valence-corrected chi connectivity index (χ2v) is 5.57. The quantitative estimate of drug-likeness (QED) is 0.885. The summed E-state index contributed by atoms with van der Waals surface area (Å²) < 4.78 is 15.7. The van der Waals surface area contributed by atoms with Gasteiger partial charge in [0.05, 0.1) is 18.4 Å². The minimum Gasteiger partial charge on any atom is -0.372 e. The van der Waals surface area contributed by atoms with Crippen molar-refractivity contribution in [1.82, 2.24) is 9.78 Å². The van der Waals surface area contributed by atoms with Crippen LogP contribution in [0.3, 0.4) is 0 Å². The van der Waals surface area contributed by atoms with Crippen LogP contribution in [0.1, 0.15) is 5.56 Å². The minimum absolute atomic E-state index is 0.0883. The van der Waals surface area contributed by atoms with Crippen molar-refractivity contribution in [3.8, 4) is 0 Å². The van der Waals surface area contributed by atoms with E-state index in [0.29, 0.717) is 24.3 Å². The third kappa shape index (κ3) is 3.89. The van der Waals surface area contributed by atoms with Crippen LogP contribution in [0.4, 0.5) is 10.1 Å². The lowest BCUT2D eigenvalue weighted by Crippen LogP contribution is -2.29. The van der Waals surface area contributed by atoms with E-state index in [9.17, 15) is 9.18 Å². The number of nitrogens with two attached hydrogens (primary N) is 1. The first kappa shape index (κ1) is 15.7. The van der Waals surface area contributed by atoms with Gasteiger partial charge in [0.2, 0.25) is 0 Å². The van der Waals surface area contributed by atoms with Gasteiger partial charge in [0.15, 0.2) is 0 Å². The van der Waals surface area contributed by atoms with Crippen molar-refractivity contribution in [1.29, 1.82) is 0 Å². The molecular formula is C14H16BrFN4O. The maximum Gasteiger partial charge on any atom is 0.269 e. The summed E-state index contributed by atoms with van der Waals surface area (Å²) in [4.78, 5) is 13.9. The van der Waals surface area contributed by atoms with Gasteiger partial charge in [0, 0.05) is 36.2 Å². The van der Waals surface area contributed by atoms with Crippen molar-refractivity contribution < 1.29 is 4.39 Å². The number of hydrogen-bond acceptors (Lipinski definition) is 4. The highest BCUT2D eigenvalue weighted by Gasteiger charge is 2.08. The van der Waals surface area contributed by atoms with Gasteiger partial charge in [-0.1, -0.05) is 15.9 Å². The maximum atomic E-state index is 13.7. The van der Waals surface area contributed by atoms with Gasteiger partial charge in [-0.05, 0) is 18.2 Å². The summed E-state index contributed by atoms with van der Waals surface area (Å²) >= 11 is 3.28. The van der Waals surface area contributed by atoms with Gasteiger partial charge in [-0.3, -0.25) is 4.79 Å². The molecule has 2 aromatic rings. The standard InChI is InChI=1S/C14H16BrFN4O/c1-19(5-4-17)12-7-14(21)20(18-8-12)9-10-6-11(15)2-3-13(10)16/h2-3,6-8H,4-5,9,17H2,1H3. The molecular weight excluding hydrogens is 339 g/mol. The van der Waals surface area contributed by atoms with Crippen LogP contribution in [0.25, 0.3) is 0 Å². The molecule has 21 heavy (non-hydrogen) atoms. The van der Waals surface area contributed by atoms with E-state index in [4.69, 9.17) is 5.73 Å². The van der Waals surface area contributed by atoms with E-state index >= 15 is 0 Å². The molecule has 0 aliphatic heterocycles. The number of aromatic nitrogens is 2. The van der Waals surface area contributed by atoms with Crippen LogP contribution in [0.15, 0.2) is 39.7 Å². The van der Waals surface area contributed by atoms with Crippen LogP contribution in [-0.4, -0.2) is 29.9 Å². The van der Waals surface area contributed by atoms with E-state index in [-0.39, 0.29) is 17.9 Å². The largest absolute Gasteiger partial charge is 0.372 e. The Balaban J connectivity index is 2.25. The number of benzene rings is 1. The summed E-state index contributed by atoms with van der Waals surface area (Å²) in [6.45, 7) is 1.21. The third-order valence-corrected chi connectivity index (χ3v) is 3.58. The second kappa shape index (κ2) is 6.82. The molecule has 0 fully saturated rings. The van der Waals surface area contributed by atoms with Crippen molar-refractivity contribution >= 4 is 21.6 Å². The molecule has 1 heterocycles. The molecule has 0 amide bonds. The lowest BCUT2D eigenvalue weighted by atomic mass is 10.2. The van der Waals surface area contributed by atoms with Crippen molar-refractivity contribution in [2.75, 3.05) is 25.0 Å². The molecule has 112 valence electrons. The molecule has 0 aliphatic carbocycles. The fourth-order valence-electron chi connectivity index (χ4n) is 1.90. The molecule has 1 aromatic heterocycles. The number of anilines is 1. The Kier molecular flexibility index (Phi) is 5.08. The zero-order valence-electron chi connectivity index (χ0n) is 11.6. The topological polar surface area (TPSA) is 64.2 Å². The summed E-state index contributed by atoms with van der Waals surface area (Å²) in [5.41, 5.74) is 6.29. The average Bonchev–Trinajstić information content (AvgIpc) is 2.45. The molecule has 7 heteroatoms. The Morgan fingerprint density at radius 1 is 1.43 bits per heavy atom. The highest BCUT2D eigenvalue weighted by atomic mass is 79.9. The molecule has 0 unspecified atom stereocenters. The monoisotopic (exact) mass is 354 g/mol. The molecule has 2 rings (SSSR count). The van der Waals surface area contributed by atoms with Crippen LogP contribution in [0, 0.1) is 5.82 Å². The van der Waals surface area contributed by atoms with Crippen molar-refractivity contribution in [2.45, 2.75) is 6.54 Å².